The number of hydrogen-bond donors (Lipinski definition) is 4. The van der Waals surface area contributed by atoms with E-state index < -0.39 is 0 Å². The molecule has 8 aliphatic rings. The number of carbonyl (C=O) groups excluding carboxylic acids is 4. The first-order valence-electron chi connectivity index (χ1n) is 15.5. The number of allylic oxidation sites excluding steroid dienone is 20. The fourth-order valence-corrected chi connectivity index (χ4v) is 4.78. The second kappa shape index (κ2) is 20.7. The number of rotatable bonds is 0. The number of ketones is 4. The van der Waals surface area contributed by atoms with Crippen LogP contribution >= 0.6 is 0 Å². The Labute approximate surface area is 315 Å². The summed E-state index contributed by atoms with van der Waals surface area (Å²) in [5.74, 6) is 2.45. The van der Waals surface area contributed by atoms with Crippen molar-refractivity contribution < 1.29 is 77.1 Å². The van der Waals surface area contributed by atoms with Crippen molar-refractivity contribution in [3.63, 3.8) is 0 Å². The van der Waals surface area contributed by atoms with Gasteiger partial charge in [0.25, 0.3) is 0 Å². The van der Waals surface area contributed by atoms with Crippen LogP contribution in [0.25, 0.3) is 0 Å². The van der Waals surface area contributed by atoms with Gasteiger partial charge in [0, 0.05) is 39.0 Å². The molecule has 8 rings (SSSR count). The first kappa shape index (κ1) is 39.6. The van der Waals surface area contributed by atoms with Crippen LogP contribution in [0.2, 0.25) is 0 Å². The zero-order valence-corrected chi connectivity index (χ0v) is 33.5. The van der Waals surface area contributed by atoms with Crippen LogP contribution in [0.4, 0.5) is 0 Å². The SMILES string of the molecule is O=C1C=CC=CC1=C1NCCO1.O=C1C=CC=CC1=C1NCCO1.O=C1C=CC=CC1=C1NCCO1.O=C1C=CC=CC1=C1NCCO1.[Zn].[Zn]. The topological polar surface area (TPSA) is 153 Å². The summed E-state index contributed by atoms with van der Waals surface area (Å²) in [7, 11) is 0. The van der Waals surface area contributed by atoms with E-state index in [1.165, 1.54) is 24.3 Å². The van der Waals surface area contributed by atoms with Crippen molar-refractivity contribution in [2.75, 3.05) is 52.6 Å². The molecule has 4 heterocycles. The average molecular weight is 783 g/mol. The van der Waals surface area contributed by atoms with Crippen LogP contribution < -0.4 is 21.3 Å². The van der Waals surface area contributed by atoms with E-state index in [-0.39, 0.29) is 62.1 Å². The van der Waals surface area contributed by atoms with Crippen molar-refractivity contribution in [1.29, 1.82) is 0 Å². The summed E-state index contributed by atoms with van der Waals surface area (Å²) >= 11 is 0. The van der Waals surface area contributed by atoms with Crippen LogP contribution in [0.1, 0.15) is 0 Å². The normalized spacial score (nSPS) is 26.1. The van der Waals surface area contributed by atoms with Gasteiger partial charge < -0.3 is 40.2 Å². The van der Waals surface area contributed by atoms with Gasteiger partial charge in [0.05, 0.1) is 48.5 Å². The molecule has 0 bridgehead atoms. The molecule has 0 radical (unpaired) electrons. The molecule has 0 amide bonds. The van der Waals surface area contributed by atoms with E-state index in [0.717, 1.165) is 26.2 Å². The molecule has 50 heavy (non-hydrogen) atoms. The number of nitrogens with one attached hydrogen (secondary N) is 4. The Balaban J connectivity index is 0.000000178. The Morgan fingerprint density at radius 3 is 0.700 bits per heavy atom. The zero-order valence-electron chi connectivity index (χ0n) is 27.6. The molecule has 4 aliphatic heterocycles. The third-order valence-electron chi connectivity index (χ3n) is 7.06. The summed E-state index contributed by atoms with van der Waals surface area (Å²) in [6.07, 6.45) is 27.4. The number of carbonyl (C=O) groups is 4. The molecule has 0 saturated carbocycles. The van der Waals surface area contributed by atoms with Crippen molar-refractivity contribution in [2.45, 2.75) is 0 Å². The standard InChI is InChI=1S/4C9H9NO2.2Zn/c4*11-8-4-2-1-3-7(8)9-10-5-6-12-9;;/h4*1-4,10H,5-6H2;;. The van der Waals surface area contributed by atoms with E-state index in [4.69, 9.17) is 18.9 Å². The Morgan fingerprint density at radius 2 is 0.540 bits per heavy atom. The average Bonchev–Trinajstić information content (AvgIpc) is 3.95. The van der Waals surface area contributed by atoms with Crippen LogP contribution in [0.5, 0.6) is 0 Å². The molecule has 0 atom stereocenters. The summed E-state index contributed by atoms with van der Waals surface area (Å²) in [5.41, 5.74) is 2.48. The minimum atomic E-state index is 0. The van der Waals surface area contributed by atoms with Gasteiger partial charge in [0.1, 0.15) is 26.4 Å². The maximum absolute atomic E-state index is 11.3. The predicted molar refractivity (Wildman–Crippen MR) is 177 cm³/mol. The molecule has 4 fully saturated rings. The third-order valence-corrected chi connectivity index (χ3v) is 7.06. The number of hydrogen-bond acceptors (Lipinski definition) is 12. The van der Waals surface area contributed by atoms with Crippen LogP contribution in [0.3, 0.4) is 0 Å². The summed E-state index contributed by atoms with van der Waals surface area (Å²) in [4.78, 5) is 45.1. The van der Waals surface area contributed by atoms with Crippen LogP contribution in [0.15, 0.2) is 143 Å². The Morgan fingerprint density at radius 1 is 0.340 bits per heavy atom. The fourth-order valence-electron chi connectivity index (χ4n) is 4.78. The zero-order chi connectivity index (χ0) is 33.6. The largest absolute Gasteiger partial charge is 0.477 e. The van der Waals surface area contributed by atoms with E-state index in [9.17, 15) is 19.2 Å². The molecule has 0 unspecified atom stereocenters. The van der Waals surface area contributed by atoms with Gasteiger partial charge >= 0.3 is 0 Å². The molecule has 4 aliphatic carbocycles. The summed E-state index contributed by atoms with van der Waals surface area (Å²) in [6, 6.07) is 0. The molecule has 0 aromatic heterocycles. The van der Waals surface area contributed by atoms with Gasteiger partial charge in [-0.05, 0) is 48.6 Å². The Bertz CT molecular complexity index is 1430. The van der Waals surface area contributed by atoms with Gasteiger partial charge in [0.2, 0.25) is 0 Å². The summed E-state index contributed by atoms with van der Waals surface area (Å²) in [6.45, 7) is 5.70. The summed E-state index contributed by atoms with van der Waals surface area (Å²) in [5, 5.41) is 12.0. The Hall–Kier alpha value is -4.79. The first-order valence-corrected chi connectivity index (χ1v) is 15.5. The molecular weight excluding hydrogens is 747 g/mol. The Kier molecular flexibility index (Phi) is 16.4. The second-order valence-corrected chi connectivity index (χ2v) is 10.4. The number of ether oxygens (including phenoxy) is 4. The van der Waals surface area contributed by atoms with Gasteiger partial charge in [-0.1, -0.05) is 48.6 Å². The van der Waals surface area contributed by atoms with E-state index in [1.54, 1.807) is 48.6 Å². The maximum Gasteiger partial charge on any atom is 0.198 e. The van der Waals surface area contributed by atoms with E-state index in [2.05, 4.69) is 21.3 Å². The van der Waals surface area contributed by atoms with Gasteiger partial charge in [-0.15, -0.1) is 0 Å². The molecule has 0 spiro atoms. The molecule has 14 heteroatoms. The molecule has 0 aromatic carbocycles. The maximum atomic E-state index is 11.3. The van der Waals surface area contributed by atoms with E-state index in [0.29, 0.717) is 72.3 Å². The van der Waals surface area contributed by atoms with Crippen LogP contribution in [0, 0.1) is 0 Å². The van der Waals surface area contributed by atoms with Crippen molar-refractivity contribution in [3.8, 4) is 0 Å². The second-order valence-electron chi connectivity index (χ2n) is 10.4. The fraction of sp³-hybridized carbons (Fsp3) is 0.222. The van der Waals surface area contributed by atoms with E-state index >= 15 is 0 Å². The molecule has 4 N–H and O–H groups in total. The minimum Gasteiger partial charge on any atom is -0.477 e. The molecule has 252 valence electrons. The monoisotopic (exact) mass is 780 g/mol. The molecule has 4 saturated heterocycles. The van der Waals surface area contributed by atoms with Crippen LogP contribution in [-0.2, 0) is 77.1 Å². The smallest absolute Gasteiger partial charge is 0.198 e. The first-order chi connectivity index (χ1) is 23.5. The predicted octanol–water partition coefficient (Wildman–Crippen LogP) is 2.05. The van der Waals surface area contributed by atoms with E-state index in [1.807, 2.05) is 24.3 Å². The quantitative estimate of drug-likeness (QED) is 0.210. The molecular formula is C36H36N4O8Zn2. The summed E-state index contributed by atoms with van der Waals surface area (Å²) < 4.78 is 20.9. The van der Waals surface area contributed by atoms with Crippen molar-refractivity contribution in [2.24, 2.45) is 0 Å². The van der Waals surface area contributed by atoms with Crippen molar-refractivity contribution in [3.05, 3.63) is 143 Å². The van der Waals surface area contributed by atoms with Gasteiger partial charge in [-0.3, -0.25) is 19.2 Å². The molecule has 0 aromatic rings. The van der Waals surface area contributed by atoms with Crippen molar-refractivity contribution >= 4 is 23.1 Å². The minimum absolute atomic E-state index is 0. The van der Waals surface area contributed by atoms with Gasteiger partial charge in [0.15, 0.2) is 46.7 Å². The van der Waals surface area contributed by atoms with Crippen molar-refractivity contribution in [1.82, 2.24) is 21.3 Å². The van der Waals surface area contributed by atoms with Gasteiger partial charge in [-0.2, -0.15) is 0 Å². The van der Waals surface area contributed by atoms with Gasteiger partial charge in [-0.25, -0.2) is 0 Å². The third kappa shape index (κ3) is 11.1. The van der Waals surface area contributed by atoms with Crippen LogP contribution in [-0.4, -0.2) is 75.7 Å². The molecule has 12 nitrogen and oxygen atoms in total.